The van der Waals surface area contributed by atoms with Crippen molar-refractivity contribution in [3.05, 3.63) is 53.1 Å². The van der Waals surface area contributed by atoms with Crippen molar-refractivity contribution in [1.82, 2.24) is 4.90 Å². The molecule has 1 aromatic carbocycles. The van der Waals surface area contributed by atoms with Gasteiger partial charge in [0.1, 0.15) is 6.10 Å². The smallest absolute Gasteiger partial charge is 0.416 e. The van der Waals surface area contributed by atoms with Crippen molar-refractivity contribution in [2.75, 3.05) is 37.6 Å². The third-order valence-corrected chi connectivity index (χ3v) is 8.06. The lowest BCUT2D eigenvalue weighted by atomic mass is 9.62. The highest BCUT2D eigenvalue weighted by Gasteiger charge is 2.51. The molecule has 0 unspecified atom stereocenters. The second kappa shape index (κ2) is 8.19. The molecule has 2 saturated heterocycles. The number of hydrogen-bond acceptors (Lipinski definition) is 4. The van der Waals surface area contributed by atoms with Crippen LogP contribution in [-0.4, -0.2) is 49.7 Å². The standard InChI is InChI=1S/C26H31F3N2O2/c1-17-5-4-8-25(2)15-23-20(14-22(17)25)21(24(32)33-23)16-30-9-11-31(12-10-30)19-7-3-6-18(13-19)26(27,28)29/h3,5-7,13-14,20-21,23H,4,8-12,15-16H2,1-2H3/t20-,21-,23+,25-/m0/s1. The van der Waals surface area contributed by atoms with Gasteiger partial charge in [0.15, 0.2) is 0 Å². The molecular formula is C26H31F3N2O2. The van der Waals surface area contributed by atoms with E-state index in [-0.39, 0.29) is 29.3 Å². The predicted molar refractivity (Wildman–Crippen MR) is 121 cm³/mol. The van der Waals surface area contributed by atoms with Crippen molar-refractivity contribution >= 4 is 11.7 Å². The molecule has 7 heteroatoms. The van der Waals surface area contributed by atoms with E-state index in [1.165, 1.54) is 23.3 Å². The number of benzene rings is 1. The van der Waals surface area contributed by atoms with Crippen LogP contribution < -0.4 is 4.90 Å². The van der Waals surface area contributed by atoms with E-state index in [2.05, 4.69) is 30.9 Å². The third kappa shape index (κ3) is 4.20. The Bertz CT molecular complexity index is 993. The lowest BCUT2D eigenvalue weighted by Gasteiger charge is -2.43. The van der Waals surface area contributed by atoms with Gasteiger partial charge in [-0.2, -0.15) is 13.2 Å². The van der Waals surface area contributed by atoms with Crippen LogP contribution in [0.25, 0.3) is 0 Å². The molecule has 2 aliphatic heterocycles. The van der Waals surface area contributed by atoms with Gasteiger partial charge in [-0.15, -0.1) is 0 Å². The first-order chi connectivity index (χ1) is 15.6. The van der Waals surface area contributed by atoms with Crippen LogP contribution in [0.5, 0.6) is 0 Å². The maximum Gasteiger partial charge on any atom is 0.416 e. The zero-order valence-electron chi connectivity index (χ0n) is 19.2. The largest absolute Gasteiger partial charge is 0.461 e. The summed E-state index contributed by atoms with van der Waals surface area (Å²) in [6, 6.07) is 5.52. The zero-order valence-corrected chi connectivity index (χ0v) is 19.2. The monoisotopic (exact) mass is 460 g/mol. The number of fused-ring (bicyclic) bond motifs is 2. The van der Waals surface area contributed by atoms with Crippen LogP contribution in [0.2, 0.25) is 0 Å². The average Bonchev–Trinajstić information content (AvgIpc) is 3.06. The van der Waals surface area contributed by atoms with E-state index < -0.39 is 11.7 Å². The molecule has 33 heavy (non-hydrogen) atoms. The lowest BCUT2D eigenvalue weighted by molar-refractivity contribution is -0.145. The Kier molecular flexibility index (Phi) is 5.58. The van der Waals surface area contributed by atoms with Crippen LogP contribution >= 0.6 is 0 Å². The molecule has 0 amide bonds. The van der Waals surface area contributed by atoms with E-state index in [1.54, 1.807) is 6.07 Å². The molecule has 0 N–H and O–H groups in total. The van der Waals surface area contributed by atoms with Crippen LogP contribution in [0.1, 0.15) is 38.7 Å². The summed E-state index contributed by atoms with van der Waals surface area (Å²) in [7, 11) is 0. The zero-order chi connectivity index (χ0) is 23.4. The molecule has 2 aliphatic carbocycles. The number of alkyl halides is 3. The van der Waals surface area contributed by atoms with E-state index >= 15 is 0 Å². The molecule has 5 rings (SSSR count). The SMILES string of the molecule is CC1=CCC[C@@]2(C)C[C@H]3OC(=O)[C@@H](CN4CCN(c5cccc(C(F)(F)F)c5)CC4)[C@@H]3C=C12. The van der Waals surface area contributed by atoms with Gasteiger partial charge in [0.05, 0.1) is 11.5 Å². The first kappa shape index (κ1) is 22.5. The number of piperazine rings is 1. The summed E-state index contributed by atoms with van der Waals surface area (Å²) in [5.41, 5.74) is 2.78. The number of ether oxygens (including phenoxy) is 1. The van der Waals surface area contributed by atoms with Gasteiger partial charge >= 0.3 is 12.1 Å². The van der Waals surface area contributed by atoms with Gasteiger partial charge in [-0.25, -0.2) is 0 Å². The van der Waals surface area contributed by atoms with Gasteiger partial charge < -0.3 is 9.64 Å². The molecule has 0 saturated carbocycles. The van der Waals surface area contributed by atoms with Gasteiger partial charge in [0.25, 0.3) is 0 Å². The Hall–Kier alpha value is -2.28. The number of halogens is 3. The molecule has 0 spiro atoms. The van der Waals surface area contributed by atoms with E-state index in [0.717, 1.165) is 25.3 Å². The average molecular weight is 461 g/mol. The summed E-state index contributed by atoms with van der Waals surface area (Å²) in [5, 5.41) is 0. The molecule has 2 fully saturated rings. The molecule has 4 nitrogen and oxygen atoms in total. The molecule has 0 radical (unpaired) electrons. The topological polar surface area (TPSA) is 32.8 Å². The Morgan fingerprint density at radius 2 is 1.94 bits per heavy atom. The maximum absolute atomic E-state index is 13.1. The minimum absolute atomic E-state index is 0.0476. The number of nitrogens with zero attached hydrogens (tertiary/aromatic N) is 2. The maximum atomic E-state index is 13.1. The number of rotatable bonds is 3. The quantitative estimate of drug-likeness (QED) is 0.591. The third-order valence-electron chi connectivity index (χ3n) is 8.06. The number of anilines is 1. The Balaban J connectivity index is 1.25. The highest BCUT2D eigenvalue weighted by Crippen LogP contribution is 2.52. The number of carbonyl (C=O) groups excluding carboxylic acids is 1. The number of allylic oxidation sites excluding steroid dienone is 3. The van der Waals surface area contributed by atoms with Crippen LogP contribution in [0.4, 0.5) is 18.9 Å². The summed E-state index contributed by atoms with van der Waals surface area (Å²) in [5.74, 6) is -0.184. The van der Waals surface area contributed by atoms with E-state index in [0.29, 0.717) is 38.4 Å². The second-order valence-electron chi connectivity index (χ2n) is 10.3. The molecule has 1 aromatic rings. The van der Waals surface area contributed by atoms with Crippen molar-refractivity contribution < 1.29 is 22.7 Å². The van der Waals surface area contributed by atoms with E-state index in [1.807, 2.05) is 4.90 Å². The predicted octanol–water partition coefficient (Wildman–Crippen LogP) is 5.06. The molecule has 4 aliphatic rings. The number of esters is 1. The Labute approximate surface area is 193 Å². The number of carbonyl (C=O) groups is 1. The van der Waals surface area contributed by atoms with Crippen molar-refractivity contribution in [2.24, 2.45) is 17.3 Å². The molecule has 178 valence electrons. The minimum atomic E-state index is -4.34. The molecule has 0 aromatic heterocycles. The fourth-order valence-electron chi connectivity index (χ4n) is 6.18. The molecule has 0 bridgehead atoms. The number of hydrogen-bond donors (Lipinski definition) is 0. The lowest BCUT2D eigenvalue weighted by Crippen LogP contribution is -2.49. The van der Waals surface area contributed by atoms with Crippen molar-refractivity contribution in [1.29, 1.82) is 0 Å². The fraction of sp³-hybridized carbons (Fsp3) is 0.577. The summed E-state index contributed by atoms with van der Waals surface area (Å²) < 4.78 is 45.1. The van der Waals surface area contributed by atoms with E-state index in [4.69, 9.17) is 4.74 Å². The molecule has 2 heterocycles. The van der Waals surface area contributed by atoms with E-state index in [9.17, 15) is 18.0 Å². The Morgan fingerprint density at radius 1 is 1.18 bits per heavy atom. The van der Waals surface area contributed by atoms with Crippen LogP contribution in [0, 0.1) is 17.3 Å². The van der Waals surface area contributed by atoms with Gasteiger partial charge in [-0.1, -0.05) is 30.7 Å². The normalized spacial score (nSPS) is 32.6. The van der Waals surface area contributed by atoms with Gasteiger partial charge in [-0.05, 0) is 55.4 Å². The van der Waals surface area contributed by atoms with Crippen molar-refractivity contribution in [3.8, 4) is 0 Å². The summed E-state index contributed by atoms with van der Waals surface area (Å²) in [6.07, 6.45) is 3.28. The van der Waals surface area contributed by atoms with Gasteiger partial charge in [0.2, 0.25) is 0 Å². The first-order valence-electron chi connectivity index (χ1n) is 11.9. The highest BCUT2D eigenvalue weighted by molar-refractivity contribution is 5.76. The second-order valence-corrected chi connectivity index (χ2v) is 10.3. The summed E-state index contributed by atoms with van der Waals surface area (Å²) >= 11 is 0. The Morgan fingerprint density at radius 3 is 2.67 bits per heavy atom. The molecular weight excluding hydrogens is 429 g/mol. The highest BCUT2D eigenvalue weighted by atomic mass is 19.4. The van der Waals surface area contributed by atoms with Gasteiger partial charge in [-0.3, -0.25) is 9.69 Å². The minimum Gasteiger partial charge on any atom is -0.461 e. The van der Waals surface area contributed by atoms with Crippen LogP contribution in [0.15, 0.2) is 47.6 Å². The fourth-order valence-corrected chi connectivity index (χ4v) is 6.18. The van der Waals surface area contributed by atoms with Crippen molar-refractivity contribution in [3.63, 3.8) is 0 Å². The van der Waals surface area contributed by atoms with Gasteiger partial charge in [0, 0.05) is 44.3 Å². The van der Waals surface area contributed by atoms with Crippen LogP contribution in [-0.2, 0) is 15.7 Å². The van der Waals surface area contributed by atoms with Crippen LogP contribution in [0.3, 0.4) is 0 Å². The van der Waals surface area contributed by atoms with Crippen molar-refractivity contribution in [2.45, 2.75) is 45.4 Å². The first-order valence-corrected chi connectivity index (χ1v) is 11.9. The summed E-state index contributed by atoms with van der Waals surface area (Å²) in [4.78, 5) is 17.1. The molecule has 4 atom stereocenters. The summed E-state index contributed by atoms with van der Waals surface area (Å²) in [6.45, 7) is 7.80.